The van der Waals surface area contributed by atoms with Gasteiger partial charge in [-0.15, -0.1) is 0 Å². The molecule has 1 aromatic carbocycles. The summed E-state index contributed by atoms with van der Waals surface area (Å²) in [6, 6.07) is 5.20. The number of aromatic amines is 1. The topological polar surface area (TPSA) is 65.1 Å². The molecule has 0 radical (unpaired) electrons. The van der Waals surface area contributed by atoms with Gasteiger partial charge in [0, 0.05) is 29.4 Å². The predicted octanol–water partition coefficient (Wildman–Crippen LogP) is 1.59. The molecule has 0 bridgehead atoms. The van der Waals surface area contributed by atoms with Gasteiger partial charge in [-0.05, 0) is 23.8 Å². The third kappa shape index (κ3) is 1.83. The number of benzene rings is 1. The van der Waals surface area contributed by atoms with E-state index in [-0.39, 0.29) is 5.75 Å². The number of phenolic OH excluding ortho intramolecular Hbond substituents is 1. The maximum absolute atomic E-state index is 10.1. The molecule has 0 saturated heterocycles. The quantitative estimate of drug-likeness (QED) is 0.662. The standard InChI is InChI=1S/C11H10N2O2/c14-7-12-3-1-8-5-9(15)6-11-10(8)2-4-13-11/h1-7,13,15H,(H,12,14). The molecule has 0 unspecified atom stereocenters. The van der Waals surface area contributed by atoms with E-state index < -0.39 is 0 Å². The Bertz CT molecular complexity index is 514. The van der Waals surface area contributed by atoms with E-state index in [9.17, 15) is 9.90 Å². The summed E-state index contributed by atoms with van der Waals surface area (Å²) < 4.78 is 0. The van der Waals surface area contributed by atoms with E-state index in [0.717, 1.165) is 16.5 Å². The first-order chi connectivity index (χ1) is 7.31. The Morgan fingerprint density at radius 1 is 1.40 bits per heavy atom. The van der Waals surface area contributed by atoms with Gasteiger partial charge in [0.1, 0.15) is 5.75 Å². The lowest BCUT2D eigenvalue weighted by Crippen LogP contribution is -1.97. The first kappa shape index (κ1) is 9.33. The highest BCUT2D eigenvalue weighted by Gasteiger charge is 2.01. The monoisotopic (exact) mass is 202 g/mol. The van der Waals surface area contributed by atoms with Crippen LogP contribution in [0.2, 0.25) is 0 Å². The van der Waals surface area contributed by atoms with Crippen molar-refractivity contribution in [3.8, 4) is 5.75 Å². The van der Waals surface area contributed by atoms with E-state index in [1.54, 1.807) is 24.4 Å². The molecule has 1 heterocycles. The average molecular weight is 202 g/mol. The number of hydrogen-bond acceptors (Lipinski definition) is 2. The summed E-state index contributed by atoms with van der Waals surface area (Å²) in [4.78, 5) is 13.1. The van der Waals surface area contributed by atoms with Gasteiger partial charge in [0.15, 0.2) is 0 Å². The second kappa shape index (κ2) is 3.88. The lowest BCUT2D eigenvalue weighted by molar-refractivity contribution is -0.108. The van der Waals surface area contributed by atoms with Gasteiger partial charge < -0.3 is 15.4 Å². The lowest BCUT2D eigenvalue weighted by Gasteiger charge is -1.99. The van der Waals surface area contributed by atoms with Crippen LogP contribution in [-0.2, 0) is 4.79 Å². The van der Waals surface area contributed by atoms with Crippen molar-refractivity contribution < 1.29 is 9.90 Å². The maximum atomic E-state index is 10.1. The molecule has 0 aliphatic heterocycles. The van der Waals surface area contributed by atoms with Crippen LogP contribution in [0, 0.1) is 0 Å². The van der Waals surface area contributed by atoms with Crippen molar-refractivity contribution in [3.63, 3.8) is 0 Å². The molecule has 0 saturated carbocycles. The number of nitrogens with one attached hydrogen (secondary N) is 2. The average Bonchev–Trinajstić information content (AvgIpc) is 2.65. The summed E-state index contributed by atoms with van der Waals surface area (Å²) in [7, 11) is 0. The van der Waals surface area contributed by atoms with Gasteiger partial charge in [0.05, 0.1) is 0 Å². The molecule has 15 heavy (non-hydrogen) atoms. The Kier molecular flexibility index (Phi) is 2.41. The second-order valence-corrected chi connectivity index (χ2v) is 3.09. The van der Waals surface area contributed by atoms with Gasteiger partial charge in [-0.3, -0.25) is 4.79 Å². The van der Waals surface area contributed by atoms with Crippen LogP contribution in [0.15, 0.2) is 30.6 Å². The largest absolute Gasteiger partial charge is 0.508 e. The van der Waals surface area contributed by atoms with E-state index in [4.69, 9.17) is 0 Å². The number of rotatable bonds is 3. The molecule has 1 aromatic heterocycles. The van der Waals surface area contributed by atoms with Gasteiger partial charge in [0.2, 0.25) is 6.41 Å². The number of amides is 1. The number of carbonyl (C=O) groups excluding carboxylic acids is 1. The SMILES string of the molecule is O=CNC=Cc1cc(O)cc2[nH]ccc12. The van der Waals surface area contributed by atoms with Crippen LogP contribution in [0.5, 0.6) is 5.75 Å². The number of aromatic hydroxyl groups is 1. The van der Waals surface area contributed by atoms with Crippen LogP contribution in [0.1, 0.15) is 5.56 Å². The fourth-order valence-electron chi connectivity index (χ4n) is 1.50. The summed E-state index contributed by atoms with van der Waals surface area (Å²) in [6.45, 7) is 0. The van der Waals surface area contributed by atoms with Crippen molar-refractivity contribution in [2.45, 2.75) is 0 Å². The van der Waals surface area contributed by atoms with Gasteiger partial charge >= 0.3 is 0 Å². The Labute approximate surface area is 86.2 Å². The zero-order chi connectivity index (χ0) is 10.7. The lowest BCUT2D eigenvalue weighted by atomic mass is 10.1. The smallest absolute Gasteiger partial charge is 0.211 e. The zero-order valence-electron chi connectivity index (χ0n) is 7.90. The highest BCUT2D eigenvalue weighted by molar-refractivity contribution is 5.89. The third-order valence-electron chi connectivity index (χ3n) is 2.11. The molecule has 76 valence electrons. The molecular weight excluding hydrogens is 192 g/mol. The Hall–Kier alpha value is -2.23. The minimum absolute atomic E-state index is 0.190. The fraction of sp³-hybridized carbons (Fsp3) is 0. The molecule has 1 amide bonds. The number of H-pyrrole nitrogens is 1. The zero-order valence-corrected chi connectivity index (χ0v) is 7.90. The molecule has 3 N–H and O–H groups in total. The van der Waals surface area contributed by atoms with Crippen molar-refractivity contribution >= 4 is 23.4 Å². The molecule has 0 atom stereocenters. The Morgan fingerprint density at radius 3 is 3.07 bits per heavy atom. The van der Waals surface area contributed by atoms with Crippen molar-refractivity contribution in [1.82, 2.24) is 10.3 Å². The van der Waals surface area contributed by atoms with E-state index in [1.807, 2.05) is 6.07 Å². The van der Waals surface area contributed by atoms with E-state index in [0.29, 0.717) is 6.41 Å². The normalized spacial score (nSPS) is 10.9. The van der Waals surface area contributed by atoms with E-state index >= 15 is 0 Å². The van der Waals surface area contributed by atoms with Crippen molar-refractivity contribution in [3.05, 3.63) is 36.2 Å². The van der Waals surface area contributed by atoms with Crippen LogP contribution in [0.3, 0.4) is 0 Å². The Balaban J connectivity index is 2.48. The summed E-state index contributed by atoms with van der Waals surface area (Å²) in [5, 5.41) is 12.9. The van der Waals surface area contributed by atoms with E-state index in [2.05, 4.69) is 10.3 Å². The second-order valence-electron chi connectivity index (χ2n) is 3.09. The summed E-state index contributed by atoms with van der Waals surface area (Å²) in [5.74, 6) is 0.190. The molecule has 4 heteroatoms. The van der Waals surface area contributed by atoms with Crippen LogP contribution in [-0.4, -0.2) is 16.5 Å². The van der Waals surface area contributed by atoms with Gasteiger partial charge in [-0.2, -0.15) is 0 Å². The van der Waals surface area contributed by atoms with Gasteiger partial charge in [-0.25, -0.2) is 0 Å². The first-order valence-electron chi connectivity index (χ1n) is 4.47. The summed E-state index contributed by atoms with van der Waals surface area (Å²) in [6.07, 6.45) is 5.64. The molecule has 0 aliphatic rings. The summed E-state index contributed by atoms with van der Waals surface area (Å²) in [5.41, 5.74) is 1.71. The van der Waals surface area contributed by atoms with Crippen LogP contribution < -0.4 is 5.32 Å². The highest BCUT2D eigenvalue weighted by Crippen LogP contribution is 2.24. The third-order valence-corrected chi connectivity index (χ3v) is 2.11. The van der Waals surface area contributed by atoms with Crippen LogP contribution in [0.4, 0.5) is 0 Å². The minimum Gasteiger partial charge on any atom is -0.508 e. The van der Waals surface area contributed by atoms with Crippen molar-refractivity contribution in [1.29, 1.82) is 0 Å². The summed E-state index contributed by atoms with van der Waals surface area (Å²) >= 11 is 0. The van der Waals surface area contributed by atoms with Gasteiger partial charge in [-0.1, -0.05) is 0 Å². The Morgan fingerprint density at radius 2 is 2.27 bits per heavy atom. The number of fused-ring (bicyclic) bond motifs is 1. The van der Waals surface area contributed by atoms with Crippen LogP contribution in [0.25, 0.3) is 17.0 Å². The number of aromatic nitrogens is 1. The molecule has 0 fully saturated rings. The minimum atomic E-state index is 0.190. The van der Waals surface area contributed by atoms with Crippen molar-refractivity contribution in [2.75, 3.05) is 0 Å². The molecular formula is C11H10N2O2. The number of hydrogen-bond donors (Lipinski definition) is 3. The van der Waals surface area contributed by atoms with Gasteiger partial charge in [0.25, 0.3) is 0 Å². The molecule has 2 aromatic rings. The van der Waals surface area contributed by atoms with Crippen LogP contribution >= 0.6 is 0 Å². The van der Waals surface area contributed by atoms with E-state index in [1.165, 1.54) is 6.20 Å². The number of carbonyl (C=O) groups is 1. The molecule has 4 nitrogen and oxygen atoms in total. The molecule has 2 rings (SSSR count). The molecule has 0 aliphatic carbocycles. The maximum Gasteiger partial charge on any atom is 0.211 e. The molecule has 0 spiro atoms. The fourth-order valence-corrected chi connectivity index (χ4v) is 1.50. The van der Waals surface area contributed by atoms with Crippen molar-refractivity contribution in [2.24, 2.45) is 0 Å². The number of phenols is 1. The predicted molar refractivity (Wildman–Crippen MR) is 58.2 cm³/mol. The first-order valence-corrected chi connectivity index (χ1v) is 4.47. The highest BCUT2D eigenvalue weighted by atomic mass is 16.3.